The minimum absolute atomic E-state index is 0.0744. The molecule has 3 fully saturated rings. The Labute approximate surface area is 88.4 Å². The first-order valence-corrected chi connectivity index (χ1v) is 5.62. The van der Waals surface area contributed by atoms with Crippen molar-refractivity contribution in [1.82, 2.24) is 0 Å². The minimum atomic E-state index is -4.59. The van der Waals surface area contributed by atoms with Crippen LogP contribution in [0.2, 0.25) is 5.31 Å². The van der Waals surface area contributed by atoms with Gasteiger partial charge in [0.25, 0.3) is 0 Å². The van der Waals surface area contributed by atoms with Crippen LogP contribution in [0.3, 0.4) is 0 Å². The predicted molar refractivity (Wildman–Crippen MR) is 53.8 cm³/mol. The maximum absolute atomic E-state index is 12.6. The second-order valence-electron chi connectivity index (χ2n) is 5.42. The van der Waals surface area contributed by atoms with Crippen LogP contribution < -0.4 is 0 Å². The number of rotatable bonds is 6. The van der Waals surface area contributed by atoms with E-state index in [2.05, 4.69) is 0 Å². The predicted octanol–water partition coefficient (Wildman–Crippen LogP) is 3.57. The standard InChI is InChI=1S/C10H17BF3O/c1-15-5-3-2-4-9-6-10(7-9,8-9)11(12,13)14/h2-8H2,1H3/q-1. The fourth-order valence-corrected chi connectivity index (χ4v) is 3.44. The molecule has 0 atom stereocenters. The van der Waals surface area contributed by atoms with Gasteiger partial charge in [0.15, 0.2) is 0 Å². The highest BCUT2D eigenvalue weighted by atomic mass is 19.4. The third-order valence-electron chi connectivity index (χ3n) is 4.18. The monoisotopic (exact) mass is 221 g/mol. The van der Waals surface area contributed by atoms with Crippen molar-refractivity contribution in [2.45, 2.75) is 43.8 Å². The molecule has 0 saturated heterocycles. The number of hydrogen-bond acceptors (Lipinski definition) is 1. The van der Waals surface area contributed by atoms with Crippen LogP contribution in [0.1, 0.15) is 38.5 Å². The van der Waals surface area contributed by atoms with E-state index in [0.717, 1.165) is 25.9 Å². The second-order valence-corrected chi connectivity index (χ2v) is 5.42. The van der Waals surface area contributed by atoms with Crippen LogP contribution >= 0.6 is 0 Å². The van der Waals surface area contributed by atoms with E-state index in [0.29, 0.717) is 19.3 Å². The molecule has 0 aromatic carbocycles. The summed E-state index contributed by atoms with van der Waals surface area (Å²) >= 11 is 0. The summed E-state index contributed by atoms with van der Waals surface area (Å²) in [6.45, 7) is -3.86. The Balaban J connectivity index is 1.69. The molecule has 0 aromatic rings. The molecule has 0 N–H and O–H groups in total. The van der Waals surface area contributed by atoms with E-state index in [-0.39, 0.29) is 5.41 Å². The number of halogens is 3. The van der Waals surface area contributed by atoms with E-state index >= 15 is 0 Å². The number of ether oxygens (including phenoxy) is 1. The van der Waals surface area contributed by atoms with E-state index in [4.69, 9.17) is 4.74 Å². The summed E-state index contributed by atoms with van der Waals surface area (Å²) in [7, 11) is 1.65. The van der Waals surface area contributed by atoms with Crippen molar-refractivity contribution in [3.8, 4) is 0 Å². The zero-order valence-corrected chi connectivity index (χ0v) is 9.07. The second kappa shape index (κ2) is 3.40. The summed E-state index contributed by atoms with van der Waals surface area (Å²) in [4.78, 5) is 0. The highest BCUT2D eigenvalue weighted by molar-refractivity contribution is 6.63. The van der Waals surface area contributed by atoms with Gasteiger partial charge in [-0.1, -0.05) is 31.0 Å². The van der Waals surface area contributed by atoms with E-state index in [1.54, 1.807) is 7.11 Å². The van der Waals surface area contributed by atoms with Crippen LogP contribution in [0.5, 0.6) is 0 Å². The Hall–Kier alpha value is -0.185. The minimum Gasteiger partial charge on any atom is -0.449 e. The van der Waals surface area contributed by atoms with Crippen LogP contribution in [-0.2, 0) is 4.74 Å². The summed E-state index contributed by atoms with van der Waals surface area (Å²) in [5.41, 5.74) is 0.0744. The lowest BCUT2D eigenvalue weighted by Gasteiger charge is -2.76. The van der Waals surface area contributed by atoms with E-state index < -0.39 is 12.3 Å². The molecule has 88 valence electrons. The lowest BCUT2D eigenvalue weighted by molar-refractivity contribution is -0.120. The molecular weight excluding hydrogens is 204 g/mol. The molecule has 3 aliphatic carbocycles. The van der Waals surface area contributed by atoms with E-state index in [9.17, 15) is 12.9 Å². The van der Waals surface area contributed by atoms with Gasteiger partial charge in [0.05, 0.1) is 0 Å². The van der Waals surface area contributed by atoms with Crippen LogP contribution in [0, 0.1) is 5.41 Å². The van der Waals surface area contributed by atoms with Crippen LogP contribution in [0.25, 0.3) is 0 Å². The average Bonchev–Trinajstić information content (AvgIpc) is 1.95. The molecule has 0 unspecified atom stereocenters. The van der Waals surface area contributed by atoms with E-state index in [1.165, 1.54) is 0 Å². The van der Waals surface area contributed by atoms with Crippen molar-refractivity contribution in [2.24, 2.45) is 5.41 Å². The van der Waals surface area contributed by atoms with Gasteiger partial charge in [0.1, 0.15) is 0 Å². The molecule has 3 saturated carbocycles. The van der Waals surface area contributed by atoms with Gasteiger partial charge in [-0.25, -0.2) is 0 Å². The Bertz CT molecular complexity index is 232. The van der Waals surface area contributed by atoms with Crippen LogP contribution in [0.15, 0.2) is 0 Å². The molecule has 0 amide bonds. The van der Waals surface area contributed by atoms with Crippen molar-refractivity contribution < 1.29 is 17.7 Å². The molecule has 0 radical (unpaired) electrons. The van der Waals surface area contributed by atoms with Gasteiger partial charge in [-0.2, -0.15) is 0 Å². The molecule has 3 aliphatic rings. The molecular formula is C10H17BF3O-. The van der Waals surface area contributed by atoms with Gasteiger partial charge in [0.2, 0.25) is 0 Å². The Morgan fingerprint density at radius 3 is 2.20 bits per heavy atom. The smallest absolute Gasteiger partial charge is 0.449 e. The summed E-state index contributed by atoms with van der Waals surface area (Å²) in [5.74, 6) is 0. The Morgan fingerprint density at radius 2 is 1.73 bits per heavy atom. The summed E-state index contributed by atoms with van der Waals surface area (Å²) in [6, 6.07) is 0. The SMILES string of the molecule is COCCCCC12CC([B-](F)(F)F)(C1)C2. The lowest BCUT2D eigenvalue weighted by atomic mass is 9.23. The quantitative estimate of drug-likeness (QED) is 0.492. The number of methoxy groups -OCH3 is 1. The zero-order chi connectivity index (χ0) is 11.2. The summed E-state index contributed by atoms with van der Waals surface area (Å²) in [5, 5.41) is -1.21. The maximum atomic E-state index is 12.6. The summed E-state index contributed by atoms with van der Waals surface area (Å²) in [6.07, 6.45) is 4.19. The molecule has 0 spiro atoms. The largest absolute Gasteiger partial charge is 0.484 e. The first kappa shape index (κ1) is 11.3. The topological polar surface area (TPSA) is 9.23 Å². The molecule has 1 nitrogen and oxygen atoms in total. The Kier molecular flexibility index (Phi) is 2.57. The maximum Gasteiger partial charge on any atom is 0.484 e. The third-order valence-corrected chi connectivity index (χ3v) is 4.18. The molecule has 0 aromatic heterocycles. The Morgan fingerprint density at radius 1 is 1.13 bits per heavy atom. The first-order chi connectivity index (χ1) is 6.93. The van der Waals surface area contributed by atoms with Gasteiger partial charge >= 0.3 is 6.98 Å². The molecule has 0 heterocycles. The highest BCUT2D eigenvalue weighted by Crippen LogP contribution is 2.83. The van der Waals surface area contributed by atoms with E-state index in [1.807, 2.05) is 0 Å². The fourth-order valence-electron chi connectivity index (χ4n) is 3.44. The van der Waals surface area contributed by atoms with Crippen LogP contribution in [-0.4, -0.2) is 20.7 Å². The molecule has 5 heteroatoms. The van der Waals surface area contributed by atoms with Crippen molar-refractivity contribution in [3.63, 3.8) is 0 Å². The normalized spacial score (nSPS) is 38.4. The van der Waals surface area contributed by atoms with Crippen molar-refractivity contribution >= 4 is 6.98 Å². The fraction of sp³-hybridized carbons (Fsp3) is 1.00. The van der Waals surface area contributed by atoms with Gasteiger partial charge < -0.3 is 17.7 Å². The molecule has 2 bridgehead atoms. The van der Waals surface area contributed by atoms with Crippen LogP contribution in [0.4, 0.5) is 12.9 Å². The molecule has 0 aliphatic heterocycles. The molecule has 3 rings (SSSR count). The van der Waals surface area contributed by atoms with Gasteiger partial charge in [-0.05, 0) is 18.3 Å². The highest BCUT2D eigenvalue weighted by Gasteiger charge is 2.72. The third kappa shape index (κ3) is 1.69. The van der Waals surface area contributed by atoms with Crippen molar-refractivity contribution in [2.75, 3.05) is 13.7 Å². The summed E-state index contributed by atoms with van der Waals surface area (Å²) < 4.78 is 42.7. The van der Waals surface area contributed by atoms with Crippen molar-refractivity contribution in [1.29, 1.82) is 0 Å². The van der Waals surface area contributed by atoms with Crippen molar-refractivity contribution in [3.05, 3.63) is 0 Å². The first-order valence-electron chi connectivity index (χ1n) is 5.62. The average molecular weight is 221 g/mol. The van der Waals surface area contributed by atoms with Gasteiger partial charge in [0, 0.05) is 13.7 Å². The van der Waals surface area contributed by atoms with Gasteiger partial charge in [-0.15, -0.1) is 0 Å². The number of hydrogen-bond donors (Lipinski definition) is 0. The lowest BCUT2D eigenvalue weighted by Crippen LogP contribution is -2.64. The zero-order valence-electron chi connectivity index (χ0n) is 9.07. The van der Waals surface area contributed by atoms with Gasteiger partial charge in [-0.3, -0.25) is 0 Å². The molecule has 15 heavy (non-hydrogen) atoms. The number of unbranched alkanes of at least 4 members (excludes halogenated alkanes) is 1.